The molecule has 2 aromatic carbocycles. The molecule has 0 aliphatic carbocycles. The van der Waals surface area contributed by atoms with Gasteiger partial charge >= 0.3 is 0 Å². The normalized spacial score (nSPS) is 13.8. The summed E-state index contributed by atoms with van der Waals surface area (Å²) in [7, 11) is 2.83. The van der Waals surface area contributed by atoms with E-state index in [0.717, 1.165) is 5.69 Å². The number of benzene rings is 2. The Kier molecular flexibility index (Phi) is 6.96. The van der Waals surface area contributed by atoms with Crippen molar-refractivity contribution in [1.29, 1.82) is 0 Å². The second-order valence-corrected chi connectivity index (χ2v) is 6.97. The number of methoxy groups -OCH3 is 2. The number of nitro groups is 1. The molecule has 1 saturated heterocycles. The van der Waals surface area contributed by atoms with Gasteiger partial charge in [0, 0.05) is 39.4 Å². The fourth-order valence-corrected chi connectivity index (χ4v) is 3.55. The van der Waals surface area contributed by atoms with Crippen molar-refractivity contribution in [2.75, 3.05) is 52.1 Å². The summed E-state index contributed by atoms with van der Waals surface area (Å²) in [6.07, 6.45) is 0. The van der Waals surface area contributed by atoms with Crippen LogP contribution < -0.4 is 14.4 Å². The van der Waals surface area contributed by atoms with Gasteiger partial charge in [-0.15, -0.1) is 0 Å². The second kappa shape index (κ2) is 9.64. The highest BCUT2D eigenvalue weighted by Crippen LogP contribution is 2.36. The molecule has 30 heavy (non-hydrogen) atoms. The van der Waals surface area contributed by atoms with Crippen LogP contribution in [0.4, 0.5) is 11.4 Å². The van der Waals surface area contributed by atoms with Gasteiger partial charge in [-0.1, -0.05) is 23.7 Å². The molecule has 2 aromatic rings. The van der Waals surface area contributed by atoms with E-state index in [9.17, 15) is 14.9 Å². The standard InChI is InChI=1S/C20H22ClN3O6/c1-28-13-30-19-12-17(24(26)27)14(11-18(19)29-2)20(25)23-9-7-22(8-10-23)16-6-4-3-5-15(16)21/h3-6,11-12H,7-10,13H2,1-2H3. The zero-order chi connectivity index (χ0) is 21.7. The molecule has 0 radical (unpaired) electrons. The highest BCUT2D eigenvalue weighted by molar-refractivity contribution is 6.33. The van der Waals surface area contributed by atoms with Crippen molar-refractivity contribution >= 4 is 28.9 Å². The van der Waals surface area contributed by atoms with Crippen LogP contribution in [0.15, 0.2) is 36.4 Å². The molecule has 0 atom stereocenters. The highest BCUT2D eigenvalue weighted by Gasteiger charge is 2.30. The Morgan fingerprint density at radius 1 is 1.13 bits per heavy atom. The van der Waals surface area contributed by atoms with E-state index in [1.165, 1.54) is 26.4 Å². The monoisotopic (exact) mass is 435 g/mol. The van der Waals surface area contributed by atoms with Crippen LogP contribution in [0.3, 0.4) is 0 Å². The van der Waals surface area contributed by atoms with E-state index in [1.807, 2.05) is 24.3 Å². The van der Waals surface area contributed by atoms with Crippen LogP contribution in [-0.2, 0) is 4.74 Å². The lowest BCUT2D eigenvalue weighted by Crippen LogP contribution is -2.49. The summed E-state index contributed by atoms with van der Waals surface area (Å²) in [4.78, 5) is 27.7. The zero-order valence-corrected chi connectivity index (χ0v) is 17.4. The van der Waals surface area contributed by atoms with E-state index in [0.29, 0.717) is 31.2 Å². The van der Waals surface area contributed by atoms with Crippen LogP contribution in [0.25, 0.3) is 0 Å². The van der Waals surface area contributed by atoms with E-state index in [1.54, 1.807) is 4.90 Å². The van der Waals surface area contributed by atoms with Gasteiger partial charge in [-0.05, 0) is 12.1 Å². The molecule has 0 bridgehead atoms. The summed E-state index contributed by atoms with van der Waals surface area (Å²) in [6, 6.07) is 10.0. The first-order chi connectivity index (χ1) is 14.5. The van der Waals surface area contributed by atoms with Gasteiger partial charge in [0.1, 0.15) is 5.56 Å². The van der Waals surface area contributed by atoms with Crippen molar-refractivity contribution in [3.63, 3.8) is 0 Å². The minimum atomic E-state index is -0.605. The summed E-state index contributed by atoms with van der Waals surface area (Å²) in [6.45, 7) is 1.84. The Labute approximate surface area is 178 Å². The molecule has 1 fully saturated rings. The van der Waals surface area contributed by atoms with Crippen molar-refractivity contribution in [3.8, 4) is 11.5 Å². The number of nitrogens with zero attached hydrogens (tertiary/aromatic N) is 3. The molecular formula is C20H22ClN3O6. The van der Waals surface area contributed by atoms with Gasteiger partial charge < -0.3 is 24.0 Å². The van der Waals surface area contributed by atoms with Gasteiger partial charge in [-0.3, -0.25) is 14.9 Å². The number of carbonyl (C=O) groups is 1. The van der Waals surface area contributed by atoms with E-state index >= 15 is 0 Å². The number of piperazine rings is 1. The quantitative estimate of drug-likeness (QED) is 0.374. The molecule has 3 rings (SSSR count). The number of rotatable bonds is 7. The maximum absolute atomic E-state index is 13.1. The number of ether oxygens (including phenoxy) is 3. The lowest BCUT2D eigenvalue weighted by molar-refractivity contribution is -0.385. The molecule has 1 aliphatic rings. The van der Waals surface area contributed by atoms with Crippen LogP contribution in [0.2, 0.25) is 5.02 Å². The molecule has 0 aromatic heterocycles. The molecule has 160 valence electrons. The number of halogens is 1. The third kappa shape index (κ3) is 4.58. The summed E-state index contributed by atoms with van der Waals surface area (Å²) < 4.78 is 15.4. The first-order valence-corrected chi connectivity index (χ1v) is 9.61. The van der Waals surface area contributed by atoms with Gasteiger partial charge in [-0.2, -0.15) is 0 Å². The number of amides is 1. The minimum absolute atomic E-state index is 0.0483. The van der Waals surface area contributed by atoms with E-state index in [-0.39, 0.29) is 29.5 Å². The average Bonchev–Trinajstić information content (AvgIpc) is 2.77. The molecule has 10 heteroatoms. The predicted molar refractivity (Wildman–Crippen MR) is 112 cm³/mol. The summed E-state index contributed by atoms with van der Waals surface area (Å²) in [5.74, 6) is -0.0843. The van der Waals surface area contributed by atoms with Gasteiger partial charge in [0.05, 0.1) is 28.8 Å². The van der Waals surface area contributed by atoms with Gasteiger partial charge in [0.25, 0.3) is 11.6 Å². The van der Waals surface area contributed by atoms with Crippen molar-refractivity contribution in [2.24, 2.45) is 0 Å². The Morgan fingerprint density at radius 2 is 1.83 bits per heavy atom. The minimum Gasteiger partial charge on any atom is -0.493 e. The van der Waals surface area contributed by atoms with Gasteiger partial charge in [0.15, 0.2) is 18.3 Å². The maximum Gasteiger partial charge on any atom is 0.286 e. The van der Waals surface area contributed by atoms with E-state index < -0.39 is 10.8 Å². The number of hydrogen-bond acceptors (Lipinski definition) is 7. The molecule has 0 unspecified atom stereocenters. The third-order valence-corrected chi connectivity index (χ3v) is 5.12. The van der Waals surface area contributed by atoms with Crippen LogP contribution in [0.1, 0.15) is 10.4 Å². The zero-order valence-electron chi connectivity index (χ0n) is 16.7. The smallest absolute Gasteiger partial charge is 0.286 e. The molecule has 1 heterocycles. The van der Waals surface area contributed by atoms with Gasteiger partial charge in [0.2, 0.25) is 0 Å². The largest absolute Gasteiger partial charge is 0.493 e. The highest BCUT2D eigenvalue weighted by atomic mass is 35.5. The second-order valence-electron chi connectivity index (χ2n) is 6.56. The summed E-state index contributed by atoms with van der Waals surface area (Å²) >= 11 is 6.26. The fourth-order valence-electron chi connectivity index (χ4n) is 3.30. The average molecular weight is 436 g/mol. The summed E-state index contributed by atoms with van der Waals surface area (Å²) in [5.41, 5.74) is 0.506. The third-order valence-electron chi connectivity index (χ3n) is 4.80. The maximum atomic E-state index is 13.1. The molecular weight excluding hydrogens is 414 g/mol. The van der Waals surface area contributed by atoms with Crippen molar-refractivity contribution in [3.05, 3.63) is 57.1 Å². The molecule has 1 aliphatic heterocycles. The van der Waals surface area contributed by atoms with E-state index in [2.05, 4.69) is 4.90 Å². The van der Waals surface area contributed by atoms with Crippen molar-refractivity contribution < 1.29 is 23.9 Å². The topological polar surface area (TPSA) is 94.4 Å². The molecule has 0 spiro atoms. The first-order valence-electron chi connectivity index (χ1n) is 9.23. The lowest BCUT2D eigenvalue weighted by Gasteiger charge is -2.36. The van der Waals surface area contributed by atoms with Gasteiger partial charge in [-0.25, -0.2) is 0 Å². The predicted octanol–water partition coefficient (Wildman–Crippen LogP) is 3.20. The first kappa shape index (κ1) is 21.7. The number of hydrogen-bond donors (Lipinski definition) is 0. The van der Waals surface area contributed by atoms with Crippen LogP contribution in [-0.4, -0.2) is 62.9 Å². The van der Waals surface area contributed by atoms with E-state index in [4.69, 9.17) is 25.8 Å². The fraction of sp³-hybridized carbons (Fsp3) is 0.350. The van der Waals surface area contributed by atoms with Crippen molar-refractivity contribution in [1.82, 2.24) is 4.90 Å². The Balaban J connectivity index is 1.81. The molecule has 1 amide bonds. The molecule has 0 saturated carbocycles. The van der Waals surface area contributed by atoms with Crippen LogP contribution >= 0.6 is 11.6 Å². The lowest BCUT2D eigenvalue weighted by atomic mass is 10.1. The number of para-hydroxylation sites is 1. The van der Waals surface area contributed by atoms with Crippen molar-refractivity contribution in [2.45, 2.75) is 0 Å². The number of nitro benzene ring substituents is 1. The number of carbonyl (C=O) groups excluding carboxylic acids is 1. The Bertz CT molecular complexity index is 931. The Morgan fingerprint density at radius 3 is 2.43 bits per heavy atom. The molecule has 9 nitrogen and oxygen atoms in total. The van der Waals surface area contributed by atoms with Crippen LogP contribution in [0.5, 0.6) is 11.5 Å². The SMILES string of the molecule is COCOc1cc([N+](=O)[O-])c(C(=O)N2CCN(c3ccccc3Cl)CC2)cc1OC. The molecule has 0 N–H and O–H groups in total. The van der Waals surface area contributed by atoms with Crippen LogP contribution in [0, 0.1) is 10.1 Å². The summed E-state index contributed by atoms with van der Waals surface area (Å²) in [5, 5.41) is 12.2. The number of anilines is 1. The Hall–Kier alpha value is -3.04.